The van der Waals surface area contributed by atoms with Crippen molar-refractivity contribution in [1.29, 1.82) is 0 Å². The Hall–Kier alpha value is -0.900. The summed E-state index contributed by atoms with van der Waals surface area (Å²) in [7, 11) is 0. The average molecular weight is 280 g/mol. The van der Waals surface area contributed by atoms with Crippen LogP contribution >= 0.6 is 11.6 Å². The van der Waals surface area contributed by atoms with E-state index in [4.69, 9.17) is 16.3 Å². The first kappa shape index (κ1) is 13.1. The second kappa shape index (κ2) is 5.23. The van der Waals surface area contributed by atoms with E-state index >= 15 is 0 Å². The van der Waals surface area contributed by atoms with Crippen LogP contribution in [-0.2, 0) is 4.74 Å². The maximum atomic E-state index is 12.5. The minimum atomic E-state index is -0.106. The monoisotopic (exact) mass is 279 g/mol. The van der Waals surface area contributed by atoms with E-state index in [1.807, 2.05) is 19.1 Å². The lowest BCUT2D eigenvalue weighted by molar-refractivity contribution is -0.0464. The number of nitrogens with zero attached hydrogens (tertiary/aromatic N) is 1. The molecule has 2 fully saturated rings. The van der Waals surface area contributed by atoms with E-state index in [1.54, 1.807) is 12.1 Å². The zero-order valence-electron chi connectivity index (χ0n) is 11.0. The van der Waals surface area contributed by atoms with Gasteiger partial charge in [0.15, 0.2) is 5.78 Å². The molecule has 2 aliphatic rings. The molecular weight excluding hydrogens is 262 g/mol. The number of carbonyl (C=O) groups is 1. The second-order valence-corrected chi connectivity index (χ2v) is 5.90. The predicted molar refractivity (Wildman–Crippen MR) is 74.7 cm³/mol. The highest BCUT2D eigenvalue weighted by Crippen LogP contribution is 2.28. The molecule has 102 valence electrons. The van der Waals surface area contributed by atoms with Crippen LogP contribution in [0.5, 0.6) is 0 Å². The molecular formula is C15H18ClNO2. The molecule has 3 unspecified atom stereocenters. The van der Waals surface area contributed by atoms with Crippen LogP contribution in [0.2, 0.25) is 5.02 Å². The third-order valence-electron chi connectivity index (χ3n) is 4.11. The number of benzene rings is 1. The zero-order chi connectivity index (χ0) is 13.4. The first-order valence-corrected chi connectivity index (χ1v) is 7.20. The third kappa shape index (κ3) is 2.69. The van der Waals surface area contributed by atoms with Gasteiger partial charge in [-0.25, -0.2) is 0 Å². The molecule has 3 atom stereocenters. The molecule has 0 radical (unpaired) electrons. The van der Waals surface area contributed by atoms with E-state index in [-0.39, 0.29) is 11.8 Å². The number of halogens is 1. The van der Waals surface area contributed by atoms with Gasteiger partial charge >= 0.3 is 0 Å². The van der Waals surface area contributed by atoms with Crippen LogP contribution in [0.4, 0.5) is 0 Å². The fourth-order valence-electron chi connectivity index (χ4n) is 3.01. The van der Waals surface area contributed by atoms with Crippen molar-refractivity contribution in [2.45, 2.75) is 38.0 Å². The average Bonchev–Trinajstić information content (AvgIpc) is 2.76. The maximum Gasteiger partial charge on any atom is 0.179 e. The number of hydrogen-bond donors (Lipinski definition) is 0. The van der Waals surface area contributed by atoms with Crippen LogP contribution in [-0.4, -0.2) is 42.0 Å². The van der Waals surface area contributed by atoms with E-state index < -0.39 is 0 Å². The Bertz CT molecular complexity index is 479. The molecule has 1 aromatic carbocycles. The van der Waals surface area contributed by atoms with E-state index in [9.17, 15) is 4.79 Å². The van der Waals surface area contributed by atoms with Crippen molar-refractivity contribution in [3.63, 3.8) is 0 Å². The smallest absolute Gasteiger partial charge is 0.179 e. The third-order valence-corrected chi connectivity index (χ3v) is 4.34. The van der Waals surface area contributed by atoms with Gasteiger partial charge in [-0.3, -0.25) is 9.69 Å². The minimum absolute atomic E-state index is 0.106. The standard InChI is InChI=1S/C15H18ClNO2/c1-10(15(18)11-3-2-4-12(16)7-11)17-8-13-5-6-14(9-17)19-13/h2-4,7,10,13-14H,5-6,8-9H2,1H3. The number of ether oxygens (including phenoxy) is 1. The van der Waals surface area contributed by atoms with Gasteiger partial charge < -0.3 is 4.74 Å². The Morgan fingerprint density at radius 1 is 1.37 bits per heavy atom. The number of rotatable bonds is 3. The van der Waals surface area contributed by atoms with Gasteiger partial charge in [-0.2, -0.15) is 0 Å². The van der Waals surface area contributed by atoms with Crippen molar-refractivity contribution in [1.82, 2.24) is 4.90 Å². The molecule has 2 heterocycles. The molecule has 0 amide bonds. The molecule has 2 saturated heterocycles. The Balaban J connectivity index is 1.73. The van der Waals surface area contributed by atoms with Gasteiger partial charge in [0.25, 0.3) is 0 Å². The summed E-state index contributed by atoms with van der Waals surface area (Å²) in [5, 5.41) is 0.611. The van der Waals surface area contributed by atoms with Crippen LogP contribution < -0.4 is 0 Å². The van der Waals surface area contributed by atoms with E-state index in [1.165, 1.54) is 0 Å². The zero-order valence-corrected chi connectivity index (χ0v) is 11.8. The van der Waals surface area contributed by atoms with Crippen LogP contribution in [0.25, 0.3) is 0 Å². The molecule has 19 heavy (non-hydrogen) atoms. The highest BCUT2D eigenvalue weighted by molar-refractivity contribution is 6.31. The van der Waals surface area contributed by atoms with Crippen LogP contribution in [0.15, 0.2) is 24.3 Å². The van der Waals surface area contributed by atoms with E-state index in [0.29, 0.717) is 22.8 Å². The van der Waals surface area contributed by atoms with Gasteiger partial charge in [0.2, 0.25) is 0 Å². The first-order chi connectivity index (χ1) is 9.13. The summed E-state index contributed by atoms with van der Waals surface area (Å²) in [5.41, 5.74) is 0.693. The summed E-state index contributed by atoms with van der Waals surface area (Å²) in [6.07, 6.45) is 2.88. The Kier molecular flexibility index (Phi) is 3.61. The number of Topliss-reactive ketones (excluding diaryl/α,β-unsaturated/α-hetero) is 1. The number of ketones is 1. The summed E-state index contributed by atoms with van der Waals surface area (Å²) in [6, 6.07) is 7.09. The predicted octanol–water partition coefficient (Wildman–Crippen LogP) is 2.77. The Labute approximate surface area is 118 Å². The van der Waals surface area contributed by atoms with Crippen molar-refractivity contribution < 1.29 is 9.53 Å². The topological polar surface area (TPSA) is 29.5 Å². The van der Waals surface area contributed by atoms with Gasteiger partial charge in [-0.15, -0.1) is 0 Å². The molecule has 4 heteroatoms. The molecule has 0 N–H and O–H groups in total. The second-order valence-electron chi connectivity index (χ2n) is 5.46. The summed E-state index contributed by atoms with van der Waals surface area (Å²) >= 11 is 5.95. The molecule has 1 aromatic rings. The summed E-state index contributed by atoms with van der Waals surface area (Å²) < 4.78 is 5.81. The summed E-state index contributed by atoms with van der Waals surface area (Å²) in [5.74, 6) is 0.142. The lowest BCUT2D eigenvalue weighted by Crippen LogP contribution is -2.49. The van der Waals surface area contributed by atoms with Gasteiger partial charge in [0.05, 0.1) is 18.2 Å². The van der Waals surface area contributed by atoms with Gasteiger partial charge in [-0.1, -0.05) is 23.7 Å². The van der Waals surface area contributed by atoms with Crippen LogP contribution in [0.3, 0.4) is 0 Å². The van der Waals surface area contributed by atoms with Gasteiger partial charge in [0.1, 0.15) is 0 Å². The van der Waals surface area contributed by atoms with Crippen LogP contribution in [0.1, 0.15) is 30.1 Å². The normalized spacial score (nSPS) is 28.3. The summed E-state index contributed by atoms with van der Waals surface area (Å²) in [4.78, 5) is 14.7. The molecule has 0 aliphatic carbocycles. The first-order valence-electron chi connectivity index (χ1n) is 6.83. The van der Waals surface area contributed by atoms with Crippen molar-refractivity contribution in [3.05, 3.63) is 34.9 Å². The number of fused-ring (bicyclic) bond motifs is 2. The number of morpholine rings is 1. The van der Waals surface area contributed by atoms with E-state index in [0.717, 1.165) is 25.9 Å². The number of hydrogen-bond acceptors (Lipinski definition) is 3. The van der Waals surface area contributed by atoms with Crippen molar-refractivity contribution in [3.8, 4) is 0 Å². The van der Waals surface area contributed by atoms with Crippen molar-refractivity contribution in [2.75, 3.05) is 13.1 Å². The van der Waals surface area contributed by atoms with Crippen molar-refractivity contribution in [2.24, 2.45) is 0 Å². The van der Waals surface area contributed by atoms with E-state index in [2.05, 4.69) is 4.90 Å². The lowest BCUT2D eigenvalue weighted by atomic mass is 10.0. The summed E-state index contributed by atoms with van der Waals surface area (Å²) in [6.45, 7) is 3.71. The lowest BCUT2D eigenvalue weighted by Gasteiger charge is -2.35. The quantitative estimate of drug-likeness (QED) is 0.797. The molecule has 0 spiro atoms. The van der Waals surface area contributed by atoms with Gasteiger partial charge in [0, 0.05) is 23.7 Å². The fourth-order valence-corrected chi connectivity index (χ4v) is 3.20. The molecule has 0 saturated carbocycles. The molecule has 3 nitrogen and oxygen atoms in total. The molecule has 2 aliphatic heterocycles. The molecule has 3 rings (SSSR count). The Morgan fingerprint density at radius 3 is 2.68 bits per heavy atom. The maximum absolute atomic E-state index is 12.5. The van der Waals surface area contributed by atoms with Crippen LogP contribution in [0, 0.1) is 0 Å². The highest BCUT2D eigenvalue weighted by Gasteiger charge is 2.37. The minimum Gasteiger partial charge on any atom is -0.372 e. The van der Waals surface area contributed by atoms with Gasteiger partial charge in [-0.05, 0) is 31.9 Å². The molecule has 0 aromatic heterocycles. The van der Waals surface area contributed by atoms with Crippen molar-refractivity contribution >= 4 is 17.4 Å². The highest BCUT2D eigenvalue weighted by atomic mass is 35.5. The molecule has 2 bridgehead atoms. The number of carbonyl (C=O) groups excluding carboxylic acids is 1. The number of likely N-dealkylation sites (tertiary alicyclic amines) is 1. The fraction of sp³-hybridized carbons (Fsp3) is 0.533. The SMILES string of the molecule is CC(C(=O)c1cccc(Cl)c1)N1CC2CCC(C1)O2. The Morgan fingerprint density at radius 2 is 2.05 bits per heavy atom. The largest absolute Gasteiger partial charge is 0.372 e.